The molecule has 3 N–H and O–H groups in total. The lowest BCUT2D eigenvalue weighted by Gasteiger charge is -2.34. The predicted octanol–water partition coefficient (Wildman–Crippen LogP) is 2.38. The van der Waals surface area contributed by atoms with Gasteiger partial charge in [-0.15, -0.1) is 12.4 Å². The first-order valence-electron chi connectivity index (χ1n) is 8.93. The van der Waals surface area contributed by atoms with Gasteiger partial charge in [0.25, 0.3) is 0 Å². The van der Waals surface area contributed by atoms with Crippen molar-refractivity contribution in [1.82, 2.24) is 21.1 Å². The summed E-state index contributed by atoms with van der Waals surface area (Å²) in [5, 5.41) is 4.12. The number of hydrogen-bond donors (Lipinski definition) is 3. The Kier molecular flexibility index (Phi) is 7.97. The second-order valence-corrected chi connectivity index (χ2v) is 7.11. The van der Waals surface area contributed by atoms with E-state index < -0.39 is 0 Å². The molecule has 2 saturated heterocycles. The average molecular weight is 387 g/mol. The van der Waals surface area contributed by atoms with E-state index in [4.69, 9.17) is 11.6 Å². The van der Waals surface area contributed by atoms with Gasteiger partial charge in [0, 0.05) is 24.7 Å². The molecule has 0 saturated carbocycles. The first kappa shape index (κ1) is 20.5. The number of nitrogens with zero attached hydrogens (tertiary/aromatic N) is 1. The summed E-state index contributed by atoms with van der Waals surface area (Å²) in [4.78, 5) is 15.0. The monoisotopic (exact) mass is 386 g/mol. The van der Waals surface area contributed by atoms with Crippen LogP contribution in [-0.2, 0) is 4.79 Å². The highest BCUT2D eigenvalue weighted by Gasteiger charge is 2.38. The first-order chi connectivity index (χ1) is 11.7. The van der Waals surface area contributed by atoms with Crippen LogP contribution in [0.5, 0.6) is 0 Å². The Balaban J connectivity index is 0.00000225. The van der Waals surface area contributed by atoms with Crippen LogP contribution in [0.1, 0.15) is 31.4 Å². The molecule has 25 heavy (non-hydrogen) atoms. The highest BCUT2D eigenvalue weighted by molar-refractivity contribution is 6.31. The summed E-state index contributed by atoms with van der Waals surface area (Å²) in [7, 11) is 0. The summed E-state index contributed by atoms with van der Waals surface area (Å²) in [6.45, 7) is 6.58. The molecule has 1 aromatic carbocycles. The molecule has 2 heterocycles. The summed E-state index contributed by atoms with van der Waals surface area (Å²) >= 11 is 6.33. The lowest BCUT2D eigenvalue weighted by molar-refractivity contribution is -0.136. The zero-order chi connectivity index (χ0) is 16.9. The van der Waals surface area contributed by atoms with Crippen molar-refractivity contribution in [3.63, 3.8) is 0 Å². The molecule has 0 radical (unpaired) electrons. The van der Waals surface area contributed by atoms with Gasteiger partial charge in [-0.1, -0.05) is 36.7 Å². The molecule has 140 valence electrons. The minimum absolute atomic E-state index is 0. The number of hydrazine groups is 1. The van der Waals surface area contributed by atoms with Gasteiger partial charge in [0.15, 0.2) is 0 Å². The molecular formula is C18H28Cl2N4O. The zero-order valence-corrected chi connectivity index (χ0v) is 16.2. The Hall–Kier alpha value is -0.850. The highest BCUT2D eigenvalue weighted by atomic mass is 35.5. The largest absolute Gasteiger partial charge is 0.342 e. The van der Waals surface area contributed by atoms with Crippen LogP contribution in [0.25, 0.3) is 0 Å². The minimum atomic E-state index is -0.102. The second kappa shape index (κ2) is 9.74. The molecular weight excluding hydrogens is 359 g/mol. The second-order valence-electron chi connectivity index (χ2n) is 6.71. The molecule has 0 aromatic heterocycles. The van der Waals surface area contributed by atoms with E-state index in [9.17, 15) is 4.79 Å². The fourth-order valence-corrected chi connectivity index (χ4v) is 3.94. The maximum absolute atomic E-state index is 13.0. The van der Waals surface area contributed by atoms with E-state index >= 15 is 0 Å². The van der Waals surface area contributed by atoms with Crippen molar-refractivity contribution in [3.8, 4) is 0 Å². The molecule has 2 unspecified atom stereocenters. The molecule has 0 bridgehead atoms. The lowest BCUT2D eigenvalue weighted by Crippen LogP contribution is -2.45. The van der Waals surface area contributed by atoms with Crippen molar-refractivity contribution in [2.75, 3.05) is 32.7 Å². The number of carbonyl (C=O) groups is 1. The Bertz CT molecular complexity index is 564. The maximum Gasteiger partial charge on any atom is 0.229 e. The normalized spacial score (nSPS) is 24.2. The first-order valence-corrected chi connectivity index (χ1v) is 9.30. The molecule has 2 atom stereocenters. The third-order valence-electron chi connectivity index (χ3n) is 5.15. The molecule has 1 amide bonds. The number of likely N-dealkylation sites (tertiary alicyclic amines) is 1. The summed E-state index contributed by atoms with van der Waals surface area (Å²) in [5.41, 5.74) is 7.36. The number of carbonyl (C=O) groups excluding carboxylic acids is 1. The van der Waals surface area contributed by atoms with Crippen LogP contribution >= 0.6 is 24.0 Å². The minimum Gasteiger partial charge on any atom is -0.342 e. The van der Waals surface area contributed by atoms with E-state index in [0.717, 1.165) is 44.6 Å². The molecule has 0 aliphatic carbocycles. The van der Waals surface area contributed by atoms with Crippen molar-refractivity contribution in [2.45, 2.75) is 25.8 Å². The summed E-state index contributed by atoms with van der Waals surface area (Å²) in [5.74, 6) is 0.822. The van der Waals surface area contributed by atoms with Crippen molar-refractivity contribution in [3.05, 3.63) is 34.9 Å². The quantitative estimate of drug-likeness (QED) is 0.726. The van der Waals surface area contributed by atoms with E-state index in [-0.39, 0.29) is 30.3 Å². The van der Waals surface area contributed by atoms with Gasteiger partial charge in [0.05, 0.1) is 12.0 Å². The van der Waals surface area contributed by atoms with Crippen LogP contribution in [0.15, 0.2) is 24.3 Å². The summed E-state index contributed by atoms with van der Waals surface area (Å²) in [6, 6.07) is 7.70. The van der Waals surface area contributed by atoms with E-state index in [2.05, 4.69) is 23.1 Å². The van der Waals surface area contributed by atoms with Gasteiger partial charge in [-0.2, -0.15) is 0 Å². The fraction of sp³-hybridized carbons (Fsp3) is 0.611. The Morgan fingerprint density at radius 2 is 2.04 bits per heavy atom. The van der Waals surface area contributed by atoms with Gasteiger partial charge in [-0.25, -0.2) is 5.43 Å². The molecule has 1 aromatic rings. The number of piperidine rings is 1. The zero-order valence-electron chi connectivity index (χ0n) is 14.6. The number of rotatable bonds is 5. The fourth-order valence-electron chi connectivity index (χ4n) is 3.69. The van der Waals surface area contributed by atoms with Crippen LogP contribution in [0.2, 0.25) is 5.02 Å². The third-order valence-corrected chi connectivity index (χ3v) is 5.49. The number of nitrogens with one attached hydrogen (secondary N) is 3. The van der Waals surface area contributed by atoms with E-state index in [0.29, 0.717) is 17.5 Å². The topological polar surface area (TPSA) is 56.4 Å². The maximum atomic E-state index is 13.0. The predicted molar refractivity (Wildman–Crippen MR) is 104 cm³/mol. The highest BCUT2D eigenvalue weighted by Crippen LogP contribution is 2.32. The van der Waals surface area contributed by atoms with Crippen molar-refractivity contribution in [1.29, 1.82) is 0 Å². The van der Waals surface area contributed by atoms with Crippen molar-refractivity contribution >= 4 is 29.9 Å². The van der Waals surface area contributed by atoms with Gasteiger partial charge in [0.1, 0.15) is 0 Å². The van der Waals surface area contributed by atoms with Gasteiger partial charge in [-0.3, -0.25) is 10.2 Å². The Morgan fingerprint density at radius 1 is 1.32 bits per heavy atom. The molecule has 3 rings (SSSR count). The molecule has 2 aliphatic rings. The summed E-state index contributed by atoms with van der Waals surface area (Å²) in [6.07, 6.45) is 2.17. The molecule has 7 heteroatoms. The molecule has 2 fully saturated rings. The van der Waals surface area contributed by atoms with E-state index in [1.165, 1.54) is 0 Å². The lowest BCUT2D eigenvalue weighted by atomic mass is 9.91. The molecule has 2 aliphatic heterocycles. The van der Waals surface area contributed by atoms with Gasteiger partial charge >= 0.3 is 0 Å². The van der Waals surface area contributed by atoms with Crippen LogP contribution in [-0.4, -0.2) is 43.5 Å². The van der Waals surface area contributed by atoms with E-state index in [1.807, 2.05) is 29.2 Å². The number of benzene rings is 1. The van der Waals surface area contributed by atoms with Gasteiger partial charge in [-0.05, 0) is 43.5 Å². The van der Waals surface area contributed by atoms with Crippen LogP contribution < -0.4 is 16.2 Å². The summed E-state index contributed by atoms with van der Waals surface area (Å²) < 4.78 is 0. The van der Waals surface area contributed by atoms with Crippen LogP contribution in [0.4, 0.5) is 0 Å². The number of amides is 1. The molecule has 5 nitrogen and oxygen atoms in total. The Morgan fingerprint density at radius 3 is 2.72 bits per heavy atom. The van der Waals surface area contributed by atoms with E-state index in [1.54, 1.807) is 0 Å². The van der Waals surface area contributed by atoms with Crippen molar-refractivity contribution in [2.24, 2.45) is 11.8 Å². The smallest absolute Gasteiger partial charge is 0.229 e. The average Bonchev–Trinajstić information content (AvgIpc) is 3.09. The molecule has 0 spiro atoms. The van der Waals surface area contributed by atoms with Crippen molar-refractivity contribution < 1.29 is 4.79 Å². The SMILES string of the molecule is CCNCC1CCN(C(=O)C2CNNC2c2ccccc2Cl)CC1.Cl. The van der Waals surface area contributed by atoms with Crippen LogP contribution in [0.3, 0.4) is 0 Å². The van der Waals surface area contributed by atoms with Crippen LogP contribution in [0, 0.1) is 11.8 Å². The number of hydrogen-bond acceptors (Lipinski definition) is 4. The van der Waals surface area contributed by atoms with Gasteiger partial charge < -0.3 is 10.2 Å². The Labute approximate surface area is 161 Å². The van der Waals surface area contributed by atoms with Gasteiger partial charge in [0.2, 0.25) is 5.91 Å². The number of halogens is 2. The third kappa shape index (κ3) is 4.86. The standard InChI is InChI=1S/C18H27ClN4O.ClH/c1-2-20-11-13-7-9-23(10-8-13)18(24)15-12-21-22-17(15)14-5-3-4-6-16(14)19;/h3-6,13,15,17,20-22H,2,7-12H2,1H3;1H.